The Morgan fingerprint density at radius 3 is 2.41 bits per heavy atom. The molecule has 1 aromatic carbocycles. The van der Waals surface area contributed by atoms with E-state index in [9.17, 15) is 4.39 Å². The van der Waals surface area contributed by atoms with E-state index in [4.69, 9.17) is 11.6 Å². The Morgan fingerprint density at radius 1 is 1.18 bits per heavy atom. The second-order valence-corrected chi connectivity index (χ2v) is 5.34. The molecular weight excluding hydrogens is 237 g/mol. The van der Waals surface area contributed by atoms with Crippen molar-refractivity contribution >= 4 is 11.6 Å². The van der Waals surface area contributed by atoms with Crippen molar-refractivity contribution in [1.82, 2.24) is 5.32 Å². The molecule has 2 rings (SSSR count). The average molecular weight is 256 g/mol. The van der Waals surface area contributed by atoms with Gasteiger partial charge in [-0.25, -0.2) is 4.39 Å². The van der Waals surface area contributed by atoms with Crippen LogP contribution in [0.1, 0.15) is 31.2 Å². The van der Waals surface area contributed by atoms with Crippen molar-refractivity contribution in [2.24, 2.45) is 5.41 Å². The normalized spacial score (nSPS) is 18.5. The van der Waals surface area contributed by atoms with Gasteiger partial charge in [0.05, 0.1) is 0 Å². The highest BCUT2D eigenvalue weighted by atomic mass is 35.5. The van der Waals surface area contributed by atoms with Gasteiger partial charge in [-0.3, -0.25) is 0 Å². The van der Waals surface area contributed by atoms with Crippen LogP contribution in [0.4, 0.5) is 4.39 Å². The van der Waals surface area contributed by atoms with E-state index in [0.717, 1.165) is 24.5 Å². The fourth-order valence-corrected chi connectivity index (χ4v) is 2.92. The minimum absolute atomic E-state index is 0.179. The lowest BCUT2D eigenvalue weighted by atomic mass is 9.88. The first-order valence-corrected chi connectivity index (χ1v) is 6.79. The van der Waals surface area contributed by atoms with Crippen LogP contribution in [0.2, 0.25) is 0 Å². The smallest absolute Gasteiger partial charge is 0.123 e. The van der Waals surface area contributed by atoms with Crippen molar-refractivity contribution in [1.29, 1.82) is 0 Å². The maximum atomic E-state index is 12.7. The highest BCUT2D eigenvalue weighted by molar-refractivity contribution is 6.18. The minimum Gasteiger partial charge on any atom is -0.312 e. The molecule has 0 amide bonds. The second kappa shape index (κ2) is 5.83. The number of nitrogens with one attached hydrogen (secondary N) is 1. The van der Waals surface area contributed by atoms with Crippen LogP contribution in [0.5, 0.6) is 0 Å². The van der Waals surface area contributed by atoms with Crippen LogP contribution in [-0.2, 0) is 6.54 Å². The predicted octanol–water partition coefficient (Wildman–Crippen LogP) is 3.71. The Balaban J connectivity index is 1.80. The first-order valence-electron chi connectivity index (χ1n) is 6.25. The van der Waals surface area contributed by atoms with Gasteiger partial charge in [0, 0.05) is 19.0 Å². The number of rotatable bonds is 5. The molecule has 1 fully saturated rings. The molecule has 1 N–H and O–H groups in total. The molecule has 0 aliphatic heterocycles. The molecule has 94 valence electrons. The Hall–Kier alpha value is -0.600. The van der Waals surface area contributed by atoms with Gasteiger partial charge in [-0.15, -0.1) is 11.6 Å². The van der Waals surface area contributed by atoms with Crippen LogP contribution in [0.3, 0.4) is 0 Å². The van der Waals surface area contributed by atoms with Gasteiger partial charge in [0.25, 0.3) is 0 Å². The number of alkyl halides is 1. The molecule has 0 spiro atoms. The predicted molar refractivity (Wildman–Crippen MR) is 69.7 cm³/mol. The Labute approximate surface area is 107 Å². The lowest BCUT2D eigenvalue weighted by Crippen LogP contribution is -2.33. The molecule has 0 bridgehead atoms. The second-order valence-electron chi connectivity index (χ2n) is 5.07. The van der Waals surface area contributed by atoms with Crippen molar-refractivity contribution in [3.63, 3.8) is 0 Å². The van der Waals surface area contributed by atoms with Gasteiger partial charge < -0.3 is 5.32 Å². The SMILES string of the molecule is Fc1ccc(CNCC2(CCl)CCCC2)cc1. The zero-order valence-electron chi connectivity index (χ0n) is 10.0. The molecule has 17 heavy (non-hydrogen) atoms. The van der Waals surface area contributed by atoms with E-state index in [0.29, 0.717) is 5.41 Å². The van der Waals surface area contributed by atoms with Crippen LogP contribution in [-0.4, -0.2) is 12.4 Å². The third-order valence-corrected chi connectivity index (χ3v) is 4.26. The first kappa shape index (κ1) is 12.8. The minimum atomic E-state index is -0.179. The molecule has 0 atom stereocenters. The van der Waals surface area contributed by atoms with Gasteiger partial charge in [0.1, 0.15) is 5.82 Å². The number of benzene rings is 1. The third kappa shape index (κ3) is 3.43. The average Bonchev–Trinajstić information content (AvgIpc) is 2.81. The Kier molecular flexibility index (Phi) is 4.41. The highest BCUT2D eigenvalue weighted by Crippen LogP contribution is 2.38. The summed E-state index contributed by atoms with van der Waals surface area (Å²) < 4.78 is 12.7. The summed E-state index contributed by atoms with van der Waals surface area (Å²) >= 11 is 6.08. The fraction of sp³-hybridized carbons (Fsp3) is 0.571. The van der Waals surface area contributed by atoms with Gasteiger partial charge in [-0.05, 0) is 36.0 Å². The van der Waals surface area contributed by atoms with E-state index < -0.39 is 0 Å². The lowest BCUT2D eigenvalue weighted by Gasteiger charge is -2.26. The zero-order valence-corrected chi connectivity index (χ0v) is 10.8. The van der Waals surface area contributed by atoms with Gasteiger partial charge in [0.15, 0.2) is 0 Å². The third-order valence-electron chi connectivity index (χ3n) is 3.69. The van der Waals surface area contributed by atoms with E-state index in [-0.39, 0.29) is 5.82 Å². The molecule has 1 aliphatic carbocycles. The van der Waals surface area contributed by atoms with E-state index in [2.05, 4.69) is 5.32 Å². The summed E-state index contributed by atoms with van der Waals surface area (Å²) in [5.41, 5.74) is 1.41. The summed E-state index contributed by atoms with van der Waals surface area (Å²) in [7, 11) is 0. The summed E-state index contributed by atoms with van der Waals surface area (Å²) in [6.07, 6.45) is 5.05. The molecule has 1 aromatic rings. The highest BCUT2D eigenvalue weighted by Gasteiger charge is 2.32. The Bertz CT molecular complexity index is 344. The van der Waals surface area contributed by atoms with E-state index in [1.165, 1.54) is 37.8 Å². The van der Waals surface area contributed by atoms with Crippen LogP contribution in [0.25, 0.3) is 0 Å². The molecule has 0 unspecified atom stereocenters. The largest absolute Gasteiger partial charge is 0.312 e. The van der Waals surface area contributed by atoms with E-state index >= 15 is 0 Å². The van der Waals surface area contributed by atoms with Gasteiger partial charge in [0.2, 0.25) is 0 Å². The van der Waals surface area contributed by atoms with E-state index in [1.807, 2.05) is 12.1 Å². The lowest BCUT2D eigenvalue weighted by molar-refractivity contribution is 0.320. The maximum Gasteiger partial charge on any atom is 0.123 e. The van der Waals surface area contributed by atoms with Crippen molar-refractivity contribution in [3.8, 4) is 0 Å². The molecule has 1 nitrogen and oxygen atoms in total. The topological polar surface area (TPSA) is 12.0 Å². The standard InChI is InChI=1S/C14H19ClFN/c15-10-14(7-1-2-8-14)11-17-9-12-3-5-13(16)6-4-12/h3-6,17H,1-2,7-11H2. The van der Waals surface area contributed by atoms with Gasteiger partial charge in [-0.2, -0.15) is 0 Å². The van der Waals surface area contributed by atoms with E-state index in [1.54, 1.807) is 0 Å². The molecule has 3 heteroatoms. The van der Waals surface area contributed by atoms with Gasteiger partial charge >= 0.3 is 0 Å². The van der Waals surface area contributed by atoms with Crippen molar-refractivity contribution in [2.75, 3.05) is 12.4 Å². The molecule has 0 saturated heterocycles. The summed E-state index contributed by atoms with van der Waals surface area (Å²) in [5, 5.41) is 3.45. The van der Waals surface area contributed by atoms with Crippen molar-refractivity contribution < 1.29 is 4.39 Å². The fourth-order valence-electron chi connectivity index (χ4n) is 2.56. The molecule has 0 aromatic heterocycles. The molecular formula is C14H19ClFN. The molecule has 0 heterocycles. The molecule has 1 saturated carbocycles. The molecule has 1 aliphatic rings. The zero-order chi connectivity index (χ0) is 12.1. The number of hydrogen-bond acceptors (Lipinski definition) is 1. The first-order chi connectivity index (χ1) is 8.24. The maximum absolute atomic E-state index is 12.7. The van der Waals surface area contributed by atoms with Gasteiger partial charge in [-0.1, -0.05) is 25.0 Å². The van der Waals surface area contributed by atoms with Crippen LogP contribution < -0.4 is 5.32 Å². The number of halogens is 2. The van der Waals surface area contributed by atoms with Crippen LogP contribution >= 0.6 is 11.6 Å². The summed E-state index contributed by atoms with van der Waals surface area (Å²) in [5.74, 6) is 0.561. The van der Waals surface area contributed by atoms with Crippen LogP contribution in [0.15, 0.2) is 24.3 Å². The van der Waals surface area contributed by atoms with Crippen molar-refractivity contribution in [2.45, 2.75) is 32.2 Å². The number of hydrogen-bond donors (Lipinski definition) is 1. The van der Waals surface area contributed by atoms with Crippen LogP contribution in [0, 0.1) is 11.2 Å². The van der Waals surface area contributed by atoms with Crippen molar-refractivity contribution in [3.05, 3.63) is 35.6 Å². The molecule has 0 radical (unpaired) electrons. The Morgan fingerprint density at radius 2 is 1.82 bits per heavy atom. The summed E-state index contributed by atoms with van der Waals surface area (Å²) in [6.45, 7) is 1.76. The summed E-state index contributed by atoms with van der Waals surface area (Å²) in [4.78, 5) is 0. The monoisotopic (exact) mass is 255 g/mol. The quantitative estimate of drug-likeness (QED) is 0.791. The summed E-state index contributed by atoms with van der Waals surface area (Å²) in [6, 6.07) is 6.66.